The van der Waals surface area contributed by atoms with Crippen molar-refractivity contribution in [1.29, 1.82) is 0 Å². The van der Waals surface area contributed by atoms with Crippen LogP contribution in [0, 0.1) is 5.41 Å². The summed E-state index contributed by atoms with van der Waals surface area (Å²) >= 11 is 0. The lowest BCUT2D eigenvalue weighted by molar-refractivity contribution is -0.0950. The van der Waals surface area contributed by atoms with E-state index in [2.05, 4.69) is 46.9 Å². The maximum atomic E-state index is 6.01. The number of ether oxygens (including phenoxy) is 1. The summed E-state index contributed by atoms with van der Waals surface area (Å²) in [5, 5.41) is 3.32. The highest BCUT2D eigenvalue weighted by Gasteiger charge is 2.27. The van der Waals surface area contributed by atoms with Crippen molar-refractivity contribution in [2.24, 2.45) is 11.1 Å². The number of nitrogens with two attached hydrogens (primary N) is 1. The van der Waals surface area contributed by atoms with Gasteiger partial charge in [-0.15, -0.1) is 0 Å². The first-order chi connectivity index (χ1) is 7.16. The van der Waals surface area contributed by atoms with Gasteiger partial charge in [-0.25, -0.2) is 0 Å². The molecule has 1 unspecified atom stereocenters. The van der Waals surface area contributed by atoms with Crippen molar-refractivity contribution in [2.75, 3.05) is 13.1 Å². The van der Waals surface area contributed by atoms with Gasteiger partial charge in [0.15, 0.2) is 0 Å². The van der Waals surface area contributed by atoms with Gasteiger partial charge >= 0.3 is 0 Å². The largest absolute Gasteiger partial charge is 0.358 e. The van der Waals surface area contributed by atoms with Crippen molar-refractivity contribution in [3.63, 3.8) is 0 Å². The zero-order valence-corrected chi connectivity index (χ0v) is 11.9. The maximum Gasteiger partial charge on any atom is 0.105 e. The van der Waals surface area contributed by atoms with E-state index in [1.54, 1.807) is 0 Å². The van der Waals surface area contributed by atoms with Gasteiger partial charge in [0.05, 0.1) is 5.60 Å². The van der Waals surface area contributed by atoms with E-state index in [0.717, 1.165) is 25.9 Å². The summed E-state index contributed by atoms with van der Waals surface area (Å²) in [5.74, 6) is 0. The average molecular weight is 230 g/mol. The fourth-order valence-corrected chi connectivity index (χ4v) is 2.25. The molecule has 3 N–H and O–H groups in total. The van der Waals surface area contributed by atoms with Crippen LogP contribution in [0.25, 0.3) is 0 Å². The minimum absolute atomic E-state index is 0.0869. The molecule has 3 heteroatoms. The van der Waals surface area contributed by atoms with E-state index in [1.165, 1.54) is 0 Å². The van der Waals surface area contributed by atoms with Gasteiger partial charge in [0.2, 0.25) is 0 Å². The van der Waals surface area contributed by atoms with Gasteiger partial charge in [-0.2, -0.15) is 0 Å². The molecule has 0 spiro atoms. The van der Waals surface area contributed by atoms with Crippen LogP contribution in [0.3, 0.4) is 0 Å². The average Bonchev–Trinajstić information content (AvgIpc) is 1.98. The molecule has 16 heavy (non-hydrogen) atoms. The zero-order chi connectivity index (χ0) is 12.8. The van der Waals surface area contributed by atoms with E-state index in [0.29, 0.717) is 5.41 Å². The summed E-state index contributed by atoms with van der Waals surface area (Å²) in [6.45, 7) is 14.7. The van der Waals surface area contributed by atoms with Crippen LogP contribution in [0.5, 0.6) is 0 Å². The molecule has 0 rings (SSSR count). The van der Waals surface area contributed by atoms with Crippen molar-refractivity contribution in [3.05, 3.63) is 0 Å². The number of hydrogen-bond acceptors (Lipinski definition) is 3. The second-order valence-electron chi connectivity index (χ2n) is 6.35. The third-order valence-electron chi connectivity index (χ3n) is 2.26. The predicted octanol–water partition coefficient (Wildman–Crippen LogP) is 2.50. The van der Waals surface area contributed by atoms with Crippen molar-refractivity contribution in [3.8, 4) is 0 Å². The molecule has 0 aromatic carbocycles. The first kappa shape index (κ1) is 15.9. The summed E-state index contributed by atoms with van der Waals surface area (Å²) in [4.78, 5) is 0. The van der Waals surface area contributed by atoms with E-state index < -0.39 is 0 Å². The molecule has 0 heterocycles. The Labute approximate surface area is 101 Å². The van der Waals surface area contributed by atoms with Gasteiger partial charge in [0.1, 0.15) is 6.23 Å². The van der Waals surface area contributed by atoms with Gasteiger partial charge in [-0.05, 0) is 52.1 Å². The van der Waals surface area contributed by atoms with Crippen molar-refractivity contribution in [2.45, 2.75) is 66.2 Å². The monoisotopic (exact) mass is 230 g/mol. The van der Waals surface area contributed by atoms with Crippen LogP contribution >= 0.6 is 0 Å². The molecule has 0 aliphatic carbocycles. The SMILES string of the molecule is CC(NCCCN)OC(C)(C)CC(C)(C)C. The summed E-state index contributed by atoms with van der Waals surface area (Å²) in [7, 11) is 0. The molecule has 3 nitrogen and oxygen atoms in total. The molecule has 0 aliphatic heterocycles. The van der Waals surface area contributed by atoms with Crippen molar-refractivity contribution >= 4 is 0 Å². The van der Waals surface area contributed by atoms with E-state index >= 15 is 0 Å². The quantitative estimate of drug-likeness (QED) is 0.522. The topological polar surface area (TPSA) is 47.3 Å². The lowest BCUT2D eigenvalue weighted by Gasteiger charge is -2.35. The lowest BCUT2D eigenvalue weighted by Crippen LogP contribution is -2.40. The number of nitrogens with one attached hydrogen (secondary N) is 1. The Morgan fingerprint density at radius 2 is 1.75 bits per heavy atom. The number of rotatable bonds is 7. The van der Waals surface area contributed by atoms with E-state index in [1.807, 2.05) is 0 Å². The molecule has 0 radical (unpaired) electrons. The smallest absolute Gasteiger partial charge is 0.105 e. The second kappa shape index (κ2) is 6.58. The molecule has 98 valence electrons. The van der Waals surface area contributed by atoms with Gasteiger partial charge in [-0.1, -0.05) is 20.8 Å². The molecule has 0 aliphatic rings. The highest BCUT2D eigenvalue weighted by atomic mass is 16.5. The van der Waals surface area contributed by atoms with Crippen molar-refractivity contribution < 1.29 is 4.74 Å². The predicted molar refractivity (Wildman–Crippen MR) is 70.4 cm³/mol. The minimum Gasteiger partial charge on any atom is -0.358 e. The molecular weight excluding hydrogens is 200 g/mol. The highest BCUT2D eigenvalue weighted by Crippen LogP contribution is 2.29. The van der Waals surface area contributed by atoms with Crippen LogP contribution in [0.1, 0.15) is 54.4 Å². The van der Waals surface area contributed by atoms with Crippen LogP contribution in [0.15, 0.2) is 0 Å². The Kier molecular flexibility index (Phi) is 6.53. The van der Waals surface area contributed by atoms with Crippen LogP contribution < -0.4 is 11.1 Å². The molecule has 0 aromatic rings. The first-order valence-corrected chi connectivity index (χ1v) is 6.27. The maximum absolute atomic E-state index is 6.01. The third-order valence-corrected chi connectivity index (χ3v) is 2.26. The Bertz CT molecular complexity index is 185. The summed E-state index contributed by atoms with van der Waals surface area (Å²) in [5.41, 5.74) is 5.65. The summed E-state index contributed by atoms with van der Waals surface area (Å²) in [6.07, 6.45) is 2.12. The fraction of sp³-hybridized carbons (Fsp3) is 1.00. The van der Waals surface area contributed by atoms with Crippen LogP contribution in [0.4, 0.5) is 0 Å². The van der Waals surface area contributed by atoms with E-state index in [9.17, 15) is 0 Å². The summed E-state index contributed by atoms with van der Waals surface area (Å²) in [6, 6.07) is 0. The number of hydrogen-bond donors (Lipinski definition) is 2. The molecule has 0 amide bonds. The molecule has 1 atom stereocenters. The van der Waals surface area contributed by atoms with Gasteiger partial charge in [0, 0.05) is 0 Å². The third kappa shape index (κ3) is 9.13. The van der Waals surface area contributed by atoms with Crippen LogP contribution in [-0.2, 0) is 4.74 Å². The first-order valence-electron chi connectivity index (χ1n) is 6.27. The van der Waals surface area contributed by atoms with Crippen LogP contribution in [-0.4, -0.2) is 24.9 Å². The molecule has 0 aromatic heterocycles. The Balaban J connectivity index is 3.95. The van der Waals surface area contributed by atoms with E-state index in [4.69, 9.17) is 10.5 Å². The molecule has 0 fully saturated rings. The molecule has 0 saturated carbocycles. The standard InChI is InChI=1S/C13H30N2O/c1-11(15-9-7-8-14)16-13(5,6)10-12(2,3)4/h11,15H,7-10,14H2,1-6H3. The molecule has 0 bridgehead atoms. The van der Waals surface area contributed by atoms with Crippen LogP contribution in [0.2, 0.25) is 0 Å². The zero-order valence-electron chi connectivity index (χ0n) is 11.9. The highest BCUT2D eigenvalue weighted by molar-refractivity contribution is 4.77. The Morgan fingerprint density at radius 1 is 1.19 bits per heavy atom. The van der Waals surface area contributed by atoms with Gasteiger partial charge in [-0.3, -0.25) is 5.32 Å². The Hall–Kier alpha value is -0.120. The molecule has 0 saturated heterocycles. The molecular formula is C13H30N2O. The van der Waals surface area contributed by atoms with E-state index in [-0.39, 0.29) is 11.8 Å². The van der Waals surface area contributed by atoms with Gasteiger partial charge in [0.25, 0.3) is 0 Å². The normalized spacial score (nSPS) is 15.2. The van der Waals surface area contributed by atoms with Gasteiger partial charge < -0.3 is 10.5 Å². The Morgan fingerprint density at radius 3 is 2.19 bits per heavy atom. The van der Waals surface area contributed by atoms with Crippen molar-refractivity contribution in [1.82, 2.24) is 5.32 Å². The lowest BCUT2D eigenvalue weighted by atomic mass is 9.83. The minimum atomic E-state index is -0.0899. The second-order valence-corrected chi connectivity index (χ2v) is 6.35. The summed E-state index contributed by atoms with van der Waals surface area (Å²) < 4.78 is 6.01. The fourth-order valence-electron chi connectivity index (χ4n) is 2.25.